The van der Waals surface area contributed by atoms with E-state index >= 15 is 0 Å². The zero-order chi connectivity index (χ0) is 23.4. The number of carbonyl (C=O) groups is 2. The maximum Gasteiger partial charge on any atom is 0.250 e. The van der Waals surface area contributed by atoms with E-state index in [4.69, 9.17) is 0 Å². The number of hydrogen-bond acceptors (Lipinski definition) is 5. The Bertz CT molecular complexity index is 1260. The molecule has 1 amide bonds. The second-order valence-corrected chi connectivity index (χ2v) is 10.6. The quantitative estimate of drug-likeness (QED) is 0.634. The fourth-order valence-electron chi connectivity index (χ4n) is 6.81. The predicted octanol–water partition coefficient (Wildman–Crippen LogP) is 1.03. The molecule has 0 aromatic carbocycles. The van der Waals surface area contributed by atoms with E-state index in [1.807, 2.05) is 32.2 Å². The highest BCUT2D eigenvalue weighted by Crippen LogP contribution is 2.36. The van der Waals surface area contributed by atoms with E-state index in [9.17, 15) is 19.2 Å². The highest BCUT2D eigenvalue weighted by atomic mass is 16.2. The van der Waals surface area contributed by atoms with Gasteiger partial charge in [-0.15, -0.1) is 0 Å². The maximum absolute atomic E-state index is 13.0. The van der Waals surface area contributed by atoms with Crippen molar-refractivity contribution >= 4 is 11.7 Å². The lowest BCUT2D eigenvalue weighted by molar-refractivity contribution is -0.138. The zero-order valence-electron chi connectivity index (χ0n) is 19.3. The molecule has 4 bridgehead atoms. The molecule has 2 fully saturated rings. The monoisotopic (exact) mass is 462 g/mol. The lowest BCUT2D eigenvalue weighted by Gasteiger charge is -2.43. The Kier molecular flexibility index (Phi) is 5.28. The molecule has 0 N–H and O–H groups in total. The van der Waals surface area contributed by atoms with Crippen molar-refractivity contribution < 1.29 is 9.59 Å². The summed E-state index contributed by atoms with van der Waals surface area (Å²) in [6.07, 6.45) is 1.97. The number of amides is 1. The number of rotatable bonds is 4. The minimum atomic E-state index is -0.0967. The first-order valence-corrected chi connectivity index (χ1v) is 12.4. The molecule has 8 nitrogen and oxygen atoms in total. The number of nitrogens with zero attached hydrogens (tertiary/aromatic N) is 4. The Hall–Kier alpha value is -3.00. The van der Waals surface area contributed by atoms with Gasteiger partial charge in [-0.25, -0.2) is 0 Å². The van der Waals surface area contributed by atoms with Gasteiger partial charge in [-0.2, -0.15) is 0 Å². The number of fused-ring (bicyclic) bond motifs is 8. The molecule has 4 unspecified atom stereocenters. The first kappa shape index (κ1) is 21.5. The zero-order valence-corrected chi connectivity index (χ0v) is 19.3. The molecule has 2 aromatic rings. The number of piperidine rings is 2. The van der Waals surface area contributed by atoms with Gasteiger partial charge in [0.05, 0.1) is 13.0 Å². The van der Waals surface area contributed by atoms with E-state index in [2.05, 4.69) is 4.90 Å². The van der Waals surface area contributed by atoms with Crippen molar-refractivity contribution in [1.29, 1.82) is 0 Å². The minimum absolute atomic E-state index is 0.0287. The highest BCUT2D eigenvalue weighted by molar-refractivity contribution is 5.99. The summed E-state index contributed by atoms with van der Waals surface area (Å²) in [6, 6.07) is 10.8. The van der Waals surface area contributed by atoms with Gasteiger partial charge in [0.1, 0.15) is 0 Å². The average molecular weight is 463 g/mol. The highest BCUT2D eigenvalue weighted by Gasteiger charge is 2.38. The first-order valence-electron chi connectivity index (χ1n) is 12.4. The Morgan fingerprint density at radius 1 is 0.735 bits per heavy atom. The van der Waals surface area contributed by atoms with Crippen LogP contribution in [0.4, 0.5) is 0 Å². The summed E-state index contributed by atoms with van der Waals surface area (Å²) in [5.74, 6) is 0.902. The Balaban J connectivity index is 1.08. The van der Waals surface area contributed by atoms with Crippen LogP contribution < -0.4 is 11.1 Å². The molecule has 6 heterocycles. The lowest BCUT2D eigenvalue weighted by Crippen LogP contribution is -2.50. The number of hydrogen-bond donors (Lipinski definition) is 0. The molecule has 8 heteroatoms. The number of Topliss-reactive ketones (excluding diaryl/α,β-unsaturated/α-hetero) is 1. The van der Waals surface area contributed by atoms with Gasteiger partial charge < -0.3 is 14.0 Å². The topological polar surface area (TPSA) is 84.6 Å². The summed E-state index contributed by atoms with van der Waals surface area (Å²) in [5, 5.41) is 0. The Morgan fingerprint density at radius 3 is 1.97 bits per heavy atom. The van der Waals surface area contributed by atoms with Crippen LogP contribution in [0.25, 0.3) is 0 Å². The van der Waals surface area contributed by atoms with Crippen LogP contribution in [0.1, 0.15) is 42.5 Å². The molecule has 0 saturated carbocycles. The lowest BCUT2D eigenvalue weighted by atomic mass is 9.82. The summed E-state index contributed by atoms with van der Waals surface area (Å²) < 4.78 is 3.74. The molecule has 2 saturated heterocycles. The van der Waals surface area contributed by atoms with E-state index in [-0.39, 0.29) is 53.5 Å². The smallest absolute Gasteiger partial charge is 0.250 e. The maximum atomic E-state index is 13.0. The molecule has 4 aliphatic heterocycles. The molecule has 6 rings (SSSR count). The SMILES string of the molecule is O=C(CC(=O)N1CC2CC(C1)c1cccc(=O)n1C2)CN1CC2CC(C1)c1cccc(=O)n1C2. The molecule has 4 aliphatic rings. The van der Waals surface area contributed by atoms with Gasteiger partial charge in [-0.05, 0) is 36.8 Å². The molecular formula is C26H30N4O4. The number of ketones is 1. The van der Waals surface area contributed by atoms with E-state index in [0.717, 1.165) is 37.3 Å². The number of pyridine rings is 2. The molecule has 0 spiro atoms. The Labute approximate surface area is 197 Å². The summed E-state index contributed by atoms with van der Waals surface area (Å²) in [7, 11) is 0. The van der Waals surface area contributed by atoms with Crippen molar-refractivity contribution in [3.05, 3.63) is 68.5 Å². The van der Waals surface area contributed by atoms with Gasteiger partial charge in [-0.3, -0.25) is 24.1 Å². The largest absolute Gasteiger partial charge is 0.341 e. The third-order valence-electron chi connectivity index (χ3n) is 8.14. The number of carbonyl (C=O) groups excluding carboxylic acids is 2. The van der Waals surface area contributed by atoms with Crippen molar-refractivity contribution in [2.75, 3.05) is 32.7 Å². The van der Waals surface area contributed by atoms with Crippen molar-refractivity contribution in [1.82, 2.24) is 18.9 Å². The van der Waals surface area contributed by atoms with Crippen LogP contribution in [0.15, 0.2) is 46.0 Å². The summed E-state index contributed by atoms with van der Waals surface area (Å²) in [4.78, 5) is 54.4. The van der Waals surface area contributed by atoms with Gasteiger partial charge in [0.15, 0.2) is 5.78 Å². The van der Waals surface area contributed by atoms with Gasteiger partial charge >= 0.3 is 0 Å². The van der Waals surface area contributed by atoms with E-state index in [0.29, 0.717) is 32.1 Å². The van der Waals surface area contributed by atoms with Gasteiger partial charge in [-0.1, -0.05) is 12.1 Å². The van der Waals surface area contributed by atoms with Gasteiger partial charge in [0.2, 0.25) is 5.91 Å². The van der Waals surface area contributed by atoms with E-state index in [1.165, 1.54) is 0 Å². The summed E-state index contributed by atoms with van der Waals surface area (Å²) in [6.45, 7) is 4.36. The third kappa shape index (κ3) is 3.83. The number of aromatic nitrogens is 2. The van der Waals surface area contributed by atoms with Crippen LogP contribution in [-0.2, 0) is 22.7 Å². The van der Waals surface area contributed by atoms with E-state index < -0.39 is 0 Å². The second-order valence-electron chi connectivity index (χ2n) is 10.6. The van der Waals surface area contributed by atoms with Gasteiger partial charge in [0.25, 0.3) is 11.1 Å². The molecule has 0 radical (unpaired) electrons. The van der Waals surface area contributed by atoms with Crippen LogP contribution in [-0.4, -0.2) is 63.3 Å². The molecule has 0 aliphatic carbocycles. The normalized spacial score (nSPS) is 27.6. The molecule has 178 valence electrons. The van der Waals surface area contributed by atoms with Crippen LogP contribution in [0.5, 0.6) is 0 Å². The van der Waals surface area contributed by atoms with Crippen LogP contribution in [0.2, 0.25) is 0 Å². The van der Waals surface area contributed by atoms with Crippen molar-refractivity contribution in [3.63, 3.8) is 0 Å². The van der Waals surface area contributed by atoms with Crippen molar-refractivity contribution in [2.45, 2.75) is 44.2 Å². The Morgan fingerprint density at radius 2 is 1.32 bits per heavy atom. The third-order valence-corrected chi connectivity index (χ3v) is 8.14. The average Bonchev–Trinajstić information content (AvgIpc) is 2.80. The van der Waals surface area contributed by atoms with Crippen molar-refractivity contribution in [2.24, 2.45) is 11.8 Å². The molecular weight excluding hydrogens is 432 g/mol. The predicted molar refractivity (Wildman–Crippen MR) is 126 cm³/mol. The second kappa shape index (κ2) is 8.34. The van der Waals surface area contributed by atoms with E-state index in [1.54, 1.807) is 18.2 Å². The van der Waals surface area contributed by atoms with Crippen molar-refractivity contribution in [3.8, 4) is 0 Å². The van der Waals surface area contributed by atoms with Crippen LogP contribution in [0, 0.1) is 11.8 Å². The number of likely N-dealkylation sites (tertiary alicyclic amines) is 2. The standard InChI is InChI=1S/C26H30N4O4/c31-21(16-27-10-17-7-19(14-27)22-3-1-5-24(32)29(22)12-17)9-26(34)28-11-18-8-20(15-28)23-4-2-6-25(33)30(23)13-18/h1-6,17-20H,7-16H2. The van der Waals surface area contributed by atoms with Crippen LogP contribution >= 0.6 is 0 Å². The fourth-order valence-corrected chi connectivity index (χ4v) is 6.81. The first-order chi connectivity index (χ1) is 16.4. The summed E-state index contributed by atoms with van der Waals surface area (Å²) >= 11 is 0. The minimum Gasteiger partial charge on any atom is -0.341 e. The van der Waals surface area contributed by atoms with Crippen LogP contribution in [0.3, 0.4) is 0 Å². The molecule has 4 atom stereocenters. The fraction of sp³-hybridized carbons (Fsp3) is 0.538. The molecule has 34 heavy (non-hydrogen) atoms. The molecule has 2 aromatic heterocycles. The van der Waals surface area contributed by atoms with Gasteiger partial charge in [0, 0.05) is 74.6 Å². The summed E-state index contributed by atoms with van der Waals surface area (Å²) in [5.41, 5.74) is 2.16.